The number of nitrogens with one attached hydrogen (secondary N) is 1. The molecule has 1 aliphatic heterocycles. The SMILES string of the molecule is CCOC(=O)c1sc(Nc2ncc(C(=O)N3CCN(C)CC3)c(C)n2)nc1C. The first-order valence-electron chi connectivity index (χ1n) is 9.12. The molecular formula is C18H24N6O3S. The van der Waals surface area contributed by atoms with E-state index < -0.39 is 5.97 Å². The summed E-state index contributed by atoms with van der Waals surface area (Å²) in [5.41, 5.74) is 1.68. The average molecular weight is 404 g/mol. The monoisotopic (exact) mass is 404 g/mol. The fourth-order valence-corrected chi connectivity index (χ4v) is 3.70. The molecule has 9 nitrogen and oxygen atoms in total. The lowest BCUT2D eigenvalue weighted by atomic mass is 10.2. The maximum Gasteiger partial charge on any atom is 0.350 e. The van der Waals surface area contributed by atoms with E-state index in [4.69, 9.17) is 4.74 Å². The van der Waals surface area contributed by atoms with E-state index in [-0.39, 0.29) is 5.91 Å². The van der Waals surface area contributed by atoms with Gasteiger partial charge in [-0.1, -0.05) is 11.3 Å². The number of nitrogens with zero attached hydrogens (tertiary/aromatic N) is 5. The number of aryl methyl sites for hydroxylation is 2. The number of carbonyl (C=O) groups excluding carboxylic acids is 2. The van der Waals surface area contributed by atoms with Crippen LogP contribution < -0.4 is 5.32 Å². The van der Waals surface area contributed by atoms with E-state index in [0.717, 1.165) is 13.1 Å². The van der Waals surface area contributed by atoms with Gasteiger partial charge in [-0.25, -0.2) is 19.7 Å². The minimum absolute atomic E-state index is 0.0492. The average Bonchev–Trinajstić information content (AvgIpc) is 3.02. The van der Waals surface area contributed by atoms with Gasteiger partial charge in [-0.3, -0.25) is 4.79 Å². The van der Waals surface area contributed by atoms with Crippen LogP contribution in [0.15, 0.2) is 6.20 Å². The van der Waals surface area contributed by atoms with E-state index >= 15 is 0 Å². The third-order valence-electron chi connectivity index (χ3n) is 4.48. The van der Waals surface area contributed by atoms with Gasteiger partial charge in [-0.2, -0.15) is 0 Å². The summed E-state index contributed by atoms with van der Waals surface area (Å²) in [6.45, 7) is 8.72. The first-order chi connectivity index (χ1) is 13.4. The van der Waals surface area contributed by atoms with Gasteiger partial charge < -0.3 is 19.9 Å². The van der Waals surface area contributed by atoms with Crippen molar-refractivity contribution in [1.29, 1.82) is 0 Å². The van der Waals surface area contributed by atoms with Gasteiger partial charge in [-0.05, 0) is 27.8 Å². The number of amides is 1. The van der Waals surface area contributed by atoms with Crippen molar-refractivity contribution in [3.63, 3.8) is 0 Å². The molecule has 10 heteroatoms. The third-order valence-corrected chi connectivity index (χ3v) is 5.53. The Kier molecular flexibility index (Phi) is 6.20. The maximum atomic E-state index is 12.7. The second kappa shape index (κ2) is 8.61. The minimum atomic E-state index is -0.393. The Balaban J connectivity index is 1.71. The first-order valence-corrected chi connectivity index (χ1v) is 9.93. The number of esters is 1. The predicted molar refractivity (Wildman–Crippen MR) is 106 cm³/mol. The summed E-state index contributed by atoms with van der Waals surface area (Å²) in [5.74, 6) is -0.112. The number of aromatic nitrogens is 3. The molecule has 3 heterocycles. The molecule has 0 radical (unpaired) electrons. The lowest BCUT2D eigenvalue weighted by Crippen LogP contribution is -2.47. The number of ether oxygens (including phenoxy) is 1. The number of anilines is 2. The molecule has 0 saturated carbocycles. The molecule has 1 N–H and O–H groups in total. The number of likely N-dealkylation sites (N-methyl/N-ethyl adjacent to an activating group) is 1. The number of carbonyl (C=O) groups is 2. The zero-order chi connectivity index (χ0) is 20.3. The summed E-state index contributed by atoms with van der Waals surface area (Å²) in [5, 5.41) is 3.50. The third kappa shape index (κ3) is 4.45. The Labute approximate surface area is 167 Å². The fraction of sp³-hybridized carbons (Fsp3) is 0.500. The molecule has 28 heavy (non-hydrogen) atoms. The van der Waals surface area contributed by atoms with Crippen LogP contribution in [0.3, 0.4) is 0 Å². The van der Waals surface area contributed by atoms with Crippen LogP contribution in [0.4, 0.5) is 11.1 Å². The summed E-state index contributed by atoms with van der Waals surface area (Å²) in [6.07, 6.45) is 1.54. The Morgan fingerprint density at radius 1 is 1.18 bits per heavy atom. The van der Waals surface area contributed by atoms with Crippen LogP contribution in [0.25, 0.3) is 0 Å². The van der Waals surface area contributed by atoms with Gasteiger partial charge in [-0.15, -0.1) is 0 Å². The van der Waals surface area contributed by atoms with Gasteiger partial charge in [0.1, 0.15) is 4.88 Å². The van der Waals surface area contributed by atoms with Crippen LogP contribution in [0.2, 0.25) is 0 Å². The zero-order valence-electron chi connectivity index (χ0n) is 16.5. The van der Waals surface area contributed by atoms with E-state index in [1.54, 1.807) is 20.8 Å². The molecule has 2 aromatic rings. The standard InChI is InChI=1S/C18H24N6O3S/c1-5-27-16(26)14-12(3)21-18(28-14)22-17-19-10-13(11(2)20-17)15(25)24-8-6-23(4)7-9-24/h10H,5-9H2,1-4H3,(H,19,20,21,22). The molecule has 0 atom stereocenters. The molecule has 0 spiro atoms. The van der Waals surface area contributed by atoms with Crippen LogP contribution in [-0.2, 0) is 4.74 Å². The molecular weight excluding hydrogens is 380 g/mol. The van der Waals surface area contributed by atoms with E-state index in [9.17, 15) is 9.59 Å². The summed E-state index contributed by atoms with van der Waals surface area (Å²) in [7, 11) is 2.05. The number of hydrogen-bond acceptors (Lipinski definition) is 9. The molecule has 3 rings (SSSR count). The fourth-order valence-electron chi connectivity index (χ4n) is 2.85. The maximum absolute atomic E-state index is 12.7. The molecule has 0 unspecified atom stereocenters. The molecule has 0 bridgehead atoms. The second-order valence-corrected chi connectivity index (χ2v) is 7.57. The normalized spacial score (nSPS) is 14.8. The number of rotatable bonds is 5. The van der Waals surface area contributed by atoms with Crippen LogP contribution in [0, 0.1) is 13.8 Å². The topological polar surface area (TPSA) is 101 Å². The van der Waals surface area contributed by atoms with Crippen molar-refractivity contribution in [3.8, 4) is 0 Å². The molecule has 0 aliphatic carbocycles. The van der Waals surface area contributed by atoms with Crippen molar-refractivity contribution < 1.29 is 14.3 Å². The Hall–Kier alpha value is -2.59. The predicted octanol–water partition coefficient (Wildman–Crippen LogP) is 1.86. The Bertz CT molecular complexity index is 876. The van der Waals surface area contributed by atoms with Gasteiger partial charge in [0.2, 0.25) is 5.95 Å². The molecule has 2 aromatic heterocycles. The van der Waals surface area contributed by atoms with Crippen molar-refractivity contribution in [2.24, 2.45) is 0 Å². The summed E-state index contributed by atoms with van der Waals surface area (Å²) in [6, 6.07) is 0. The Morgan fingerprint density at radius 3 is 2.54 bits per heavy atom. The van der Waals surface area contributed by atoms with Crippen molar-refractivity contribution in [2.45, 2.75) is 20.8 Å². The van der Waals surface area contributed by atoms with Crippen molar-refractivity contribution >= 4 is 34.3 Å². The van der Waals surface area contributed by atoms with E-state index in [2.05, 4.69) is 25.2 Å². The molecule has 1 fully saturated rings. The number of thiazole rings is 1. The molecule has 1 saturated heterocycles. The number of piperazine rings is 1. The highest BCUT2D eigenvalue weighted by Crippen LogP contribution is 2.25. The van der Waals surface area contributed by atoms with Crippen LogP contribution in [-0.4, -0.2) is 76.5 Å². The lowest BCUT2D eigenvalue weighted by molar-refractivity contribution is 0.0530. The van der Waals surface area contributed by atoms with Gasteiger partial charge >= 0.3 is 5.97 Å². The highest BCUT2D eigenvalue weighted by Gasteiger charge is 2.23. The Morgan fingerprint density at radius 2 is 1.89 bits per heavy atom. The van der Waals surface area contributed by atoms with E-state index in [1.165, 1.54) is 17.5 Å². The highest BCUT2D eigenvalue weighted by molar-refractivity contribution is 7.17. The lowest BCUT2D eigenvalue weighted by Gasteiger charge is -2.32. The van der Waals surface area contributed by atoms with Crippen molar-refractivity contribution in [3.05, 3.63) is 28.0 Å². The quantitative estimate of drug-likeness (QED) is 0.754. The highest BCUT2D eigenvalue weighted by atomic mass is 32.1. The van der Waals surface area contributed by atoms with Gasteiger partial charge in [0.05, 0.1) is 23.6 Å². The van der Waals surface area contributed by atoms with Crippen LogP contribution in [0.1, 0.15) is 38.3 Å². The largest absolute Gasteiger partial charge is 0.462 e. The molecule has 150 valence electrons. The van der Waals surface area contributed by atoms with E-state index in [0.29, 0.717) is 52.6 Å². The summed E-state index contributed by atoms with van der Waals surface area (Å²) >= 11 is 1.19. The first kappa shape index (κ1) is 20.2. The summed E-state index contributed by atoms with van der Waals surface area (Å²) < 4.78 is 5.03. The van der Waals surface area contributed by atoms with Crippen LogP contribution in [0.5, 0.6) is 0 Å². The smallest absolute Gasteiger partial charge is 0.350 e. The molecule has 1 amide bonds. The number of hydrogen-bond donors (Lipinski definition) is 1. The zero-order valence-corrected chi connectivity index (χ0v) is 17.3. The van der Waals surface area contributed by atoms with Gasteiger partial charge in [0, 0.05) is 32.4 Å². The summed E-state index contributed by atoms with van der Waals surface area (Å²) in [4.78, 5) is 42.1. The van der Waals surface area contributed by atoms with Crippen molar-refractivity contribution in [2.75, 3.05) is 45.2 Å². The van der Waals surface area contributed by atoms with Gasteiger partial charge in [0.25, 0.3) is 5.91 Å². The minimum Gasteiger partial charge on any atom is -0.462 e. The second-order valence-electron chi connectivity index (χ2n) is 6.57. The van der Waals surface area contributed by atoms with Crippen molar-refractivity contribution in [1.82, 2.24) is 24.8 Å². The van der Waals surface area contributed by atoms with Gasteiger partial charge in [0.15, 0.2) is 5.13 Å². The molecule has 1 aliphatic rings. The molecule has 0 aromatic carbocycles. The van der Waals surface area contributed by atoms with Crippen LogP contribution >= 0.6 is 11.3 Å². The van der Waals surface area contributed by atoms with E-state index in [1.807, 2.05) is 11.9 Å².